The summed E-state index contributed by atoms with van der Waals surface area (Å²) in [5, 5.41) is 7.96. The van der Waals surface area contributed by atoms with Crippen LogP contribution < -0.4 is 9.47 Å². The summed E-state index contributed by atoms with van der Waals surface area (Å²) >= 11 is 0. The number of benzene rings is 1. The van der Waals surface area contributed by atoms with Crippen molar-refractivity contribution in [2.45, 2.75) is 25.9 Å². The molecule has 2 aromatic rings. The van der Waals surface area contributed by atoms with Crippen molar-refractivity contribution in [2.75, 3.05) is 20.2 Å². The van der Waals surface area contributed by atoms with Crippen LogP contribution in [0.25, 0.3) is 0 Å². The van der Waals surface area contributed by atoms with Crippen molar-refractivity contribution in [1.82, 2.24) is 15.1 Å². The summed E-state index contributed by atoms with van der Waals surface area (Å²) in [6, 6.07) is 7.83. The summed E-state index contributed by atoms with van der Waals surface area (Å²) in [7, 11) is 1.39. The molecule has 1 aromatic carbocycles. The molecule has 0 N–H and O–H groups in total. The number of carbonyl (C=O) groups is 1. The fourth-order valence-electron chi connectivity index (χ4n) is 2.82. The van der Waals surface area contributed by atoms with Gasteiger partial charge in [-0.2, -0.15) is 5.10 Å². The number of likely N-dealkylation sites (tertiary alicyclic amines) is 1. The number of piperidine rings is 1. The summed E-state index contributed by atoms with van der Waals surface area (Å²) in [5.41, 5.74) is 1.11. The van der Waals surface area contributed by atoms with Crippen LogP contribution in [0.3, 0.4) is 0 Å². The van der Waals surface area contributed by atoms with Gasteiger partial charge < -0.3 is 14.4 Å². The molecule has 25 heavy (non-hydrogen) atoms. The number of halogens is 1. The van der Waals surface area contributed by atoms with Gasteiger partial charge in [-0.05, 0) is 44.0 Å². The van der Waals surface area contributed by atoms with E-state index in [9.17, 15) is 9.18 Å². The molecule has 3 rings (SSSR count). The molecule has 2 heterocycles. The Labute approximate surface area is 145 Å². The van der Waals surface area contributed by atoms with Crippen LogP contribution in [0.2, 0.25) is 0 Å². The highest BCUT2D eigenvalue weighted by Gasteiger charge is 2.26. The Balaban J connectivity index is 1.67. The standard InChI is InChI=1S/C18H20FN3O3/c1-12-5-8-17(21-20-12)25-14-4-3-9-22(11-14)18(23)13-6-7-16(24-2)15(19)10-13/h5-8,10,14H,3-4,9,11H2,1-2H3. The van der Waals surface area contributed by atoms with E-state index in [4.69, 9.17) is 9.47 Å². The third-order valence-electron chi connectivity index (χ3n) is 4.12. The normalized spacial score (nSPS) is 17.2. The number of methoxy groups -OCH3 is 1. The molecule has 0 saturated carbocycles. The molecule has 1 atom stereocenters. The summed E-state index contributed by atoms with van der Waals surface area (Å²) in [6.07, 6.45) is 1.49. The van der Waals surface area contributed by atoms with Crippen LogP contribution in [0.5, 0.6) is 11.6 Å². The lowest BCUT2D eigenvalue weighted by Crippen LogP contribution is -2.44. The van der Waals surface area contributed by atoms with Crippen molar-refractivity contribution in [3.63, 3.8) is 0 Å². The third kappa shape index (κ3) is 4.04. The molecule has 1 aliphatic heterocycles. The van der Waals surface area contributed by atoms with Crippen molar-refractivity contribution in [3.05, 3.63) is 47.4 Å². The summed E-state index contributed by atoms with van der Waals surface area (Å²) < 4.78 is 24.5. The van der Waals surface area contributed by atoms with Gasteiger partial charge in [0.25, 0.3) is 5.91 Å². The maximum Gasteiger partial charge on any atom is 0.254 e. The number of hydrogen-bond acceptors (Lipinski definition) is 5. The van der Waals surface area contributed by atoms with E-state index in [1.54, 1.807) is 17.0 Å². The van der Waals surface area contributed by atoms with Gasteiger partial charge in [-0.15, -0.1) is 5.10 Å². The Kier molecular flexibility index (Phi) is 5.11. The highest BCUT2D eigenvalue weighted by atomic mass is 19.1. The van der Waals surface area contributed by atoms with Crippen LogP contribution in [-0.2, 0) is 0 Å². The Morgan fingerprint density at radius 2 is 2.12 bits per heavy atom. The fraction of sp³-hybridized carbons (Fsp3) is 0.389. The zero-order valence-corrected chi connectivity index (χ0v) is 14.2. The molecule has 1 amide bonds. The molecule has 7 heteroatoms. The van der Waals surface area contributed by atoms with Crippen LogP contribution in [0, 0.1) is 12.7 Å². The first-order valence-corrected chi connectivity index (χ1v) is 8.16. The number of amides is 1. The molecular weight excluding hydrogens is 325 g/mol. The van der Waals surface area contributed by atoms with Crippen molar-refractivity contribution in [2.24, 2.45) is 0 Å². The van der Waals surface area contributed by atoms with Crippen molar-refractivity contribution < 1.29 is 18.7 Å². The van der Waals surface area contributed by atoms with E-state index in [0.717, 1.165) is 18.5 Å². The first kappa shape index (κ1) is 17.1. The van der Waals surface area contributed by atoms with Gasteiger partial charge in [-0.1, -0.05) is 0 Å². The van der Waals surface area contributed by atoms with Crippen LogP contribution in [0.15, 0.2) is 30.3 Å². The maximum absolute atomic E-state index is 13.8. The molecular formula is C18H20FN3O3. The van der Waals surface area contributed by atoms with E-state index >= 15 is 0 Å². The number of ether oxygens (including phenoxy) is 2. The van der Waals surface area contributed by atoms with Gasteiger partial charge in [0.1, 0.15) is 6.10 Å². The number of hydrogen-bond donors (Lipinski definition) is 0. The van der Waals surface area contributed by atoms with Crippen molar-refractivity contribution >= 4 is 5.91 Å². The zero-order chi connectivity index (χ0) is 17.8. The largest absolute Gasteiger partial charge is 0.494 e. The highest BCUT2D eigenvalue weighted by molar-refractivity contribution is 5.94. The predicted octanol–water partition coefficient (Wildman–Crippen LogP) is 2.62. The zero-order valence-electron chi connectivity index (χ0n) is 14.2. The Morgan fingerprint density at radius 3 is 2.80 bits per heavy atom. The highest BCUT2D eigenvalue weighted by Crippen LogP contribution is 2.21. The maximum atomic E-state index is 13.8. The number of carbonyl (C=O) groups excluding carboxylic acids is 1. The van der Waals surface area contributed by atoms with Crippen molar-refractivity contribution in [1.29, 1.82) is 0 Å². The third-order valence-corrected chi connectivity index (χ3v) is 4.12. The van der Waals surface area contributed by atoms with Gasteiger partial charge in [0, 0.05) is 18.2 Å². The van der Waals surface area contributed by atoms with Crippen LogP contribution in [-0.4, -0.2) is 47.3 Å². The fourth-order valence-corrected chi connectivity index (χ4v) is 2.82. The average Bonchev–Trinajstić information content (AvgIpc) is 2.63. The lowest BCUT2D eigenvalue weighted by atomic mass is 10.1. The van der Waals surface area contributed by atoms with Gasteiger partial charge in [0.15, 0.2) is 11.6 Å². The molecule has 1 aliphatic rings. The monoisotopic (exact) mass is 345 g/mol. The average molecular weight is 345 g/mol. The summed E-state index contributed by atoms with van der Waals surface area (Å²) in [6.45, 7) is 2.90. The molecule has 1 unspecified atom stereocenters. The molecule has 0 radical (unpaired) electrons. The van der Waals surface area contributed by atoms with Crippen molar-refractivity contribution in [3.8, 4) is 11.6 Å². The smallest absolute Gasteiger partial charge is 0.254 e. The lowest BCUT2D eigenvalue weighted by Gasteiger charge is -2.32. The minimum absolute atomic E-state index is 0.120. The Bertz CT molecular complexity index is 752. The van der Waals surface area contributed by atoms with Crippen LogP contribution in [0.4, 0.5) is 4.39 Å². The van der Waals surface area contributed by atoms with E-state index in [2.05, 4.69) is 10.2 Å². The van der Waals surface area contributed by atoms with Gasteiger partial charge >= 0.3 is 0 Å². The van der Waals surface area contributed by atoms with Gasteiger partial charge in [0.2, 0.25) is 5.88 Å². The summed E-state index contributed by atoms with van der Waals surface area (Å²) in [5.74, 6) is -0.201. The summed E-state index contributed by atoms with van der Waals surface area (Å²) in [4.78, 5) is 14.3. The molecule has 0 bridgehead atoms. The van der Waals surface area contributed by atoms with E-state index < -0.39 is 5.82 Å². The second-order valence-electron chi connectivity index (χ2n) is 6.00. The molecule has 0 spiro atoms. The van der Waals surface area contributed by atoms with Gasteiger partial charge in [-0.3, -0.25) is 4.79 Å². The Hall–Kier alpha value is -2.70. The molecule has 1 saturated heterocycles. The molecule has 1 fully saturated rings. The number of aromatic nitrogens is 2. The number of nitrogens with zero attached hydrogens (tertiary/aromatic N) is 3. The van der Waals surface area contributed by atoms with E-state index in [0.29, 0.717) is 24.5 Å². The second kappa shape index (κ2) is 7.46. The number of aryl methyl sites for hydroxylation is 1. The second-order valence-corrected chi connectivity index (χ2v) is 6.00. The molecule has 132 valence electrons. The van der Waals surface area contributed by atoms with Gasteiger partial charge in [-0.25, -0.2) is 4.39 Å². The van der Waals surface area contributed by atoms with E-state index in [-0.39, 0.29) is 17.8 Å². The minimum Gasteiger partial charge on any atom is -0.494 e. The van der Waals surface area contributed by atoms with E-state index in [1.165, 1.54) is 19.2 Å². The minimum atomic E-state index is -0.548. The topological polar surface area (TPSA) is 64.5 Å². The van der Waals surface area contributed by atoms with E-state index in [1.807, 2.05) is 13.0 Å². The first-order valence-electron chi connectivity index (χ1n) is 8.16. The predicted molar refractivity (Wildman–Crippen MR) is 89.3 cm³/mol. The molecule has 1 aromatic heterocycles. The first-order chi connectivity index (χ1) is 12.1. The van der Waals surface area contributed by atoms with Crippen LogP contribution >= 0.6 is 0 Å². The SMILES string of the molecule is COc1ccc(C(=O)N2CCCC(Oc3ccc(C)nn3)C2)cc1F. The molecule has 0 aliphatic carbocycles. The quantitative estimate of drug-likeness (QED) is 0.852. The Morgan fingerprint density at radius 1 is 1.28 bits per heavy atom. The lowest BCUT2D eigenvalue weighted by molar-refractivity contribution is 0.0525. The van der Waals surface area contributed by atoms with Gasteiger partial charge in [0.05, 0.1) is 19.3 Å². The van der Waals surface area contributed by atoms with Crippen LogP contribution in [0.1, 0.15) is 28.9 Å². The molecule has 6 nitrogen and oxygen atoms in total. The number of rotatable bonds is 4.